The molecule has 4 nitrogen and oxygen atoms in total. The van der Waals surface area contributed by atoms with Crippen LogP contribution in [0.1, 0.15) is 22.3 Å². The zero-order valence-electron chi connectivity index (χ0n) is 17.9. The van der Waals surface area contributed by atoms with Crippen molar-refractivity contribution in [1.82, 2.24) is 9.99 Å². The third kappa shape index (κ3) is 5.53. The number of benzene rings is 3. The maximum absolute atomic E-state index is 13.2. The minimum atomic E-state index is -4.64. The van der Waals surface area contributed by atoms with Crippen molar-refractivity contribution in [2.75, 3.05) is 0 Å². The van der Waals surface area contributed by atoms with Crippen molar-refractivity contribution in [3.05, 3.63) is 107 Å². The highest BCUT2D eigenvalue weighted by Gasteiger charge is 2.32. The van der Waals surface area contributed by atoms with Gasteiger partial charge >= 0.3 is 12.4 Å². The van der Waals surface area contributed by atoms with Crippen LogP contribution in [-0.4, -0.2) is 16.2 Å². The minimum absolute atomic E-state index is 0.0219. The number of halogens is 6. The van der Waals surface area contributed by atoms with Crippen molar-refractivity contribution >= 4 is 22.5 Å². The van der Waals surface area contributed by atoms with E-state index in [1.807, 2.05) is 30.3 Å². The van der Waals surface area contributed by atoms with E-state index in [0.29, 0.717) is 0 Å². The van der Waals surface area contributed by atoms with Crippen LogP contribution < -0.4 is 5.43 Å². The van der Waals surface area contributed by atoms with E-state index in [-0.39, 0.29) is 23.4 Å². The molecule has 0 saturated carbocycles. The van der Waals surface area contributed by atoms with Crippen LogP contribution in [-0.2, 0) is 23.7 Å². The van der Waals surface area contributed by atoms with Gasteiger partial charge in [-0.3, -0.25) is 4.79 Å². The quantitative estimate of drug-likeness (QED) is 0.201. The number of amides is 1. The molecule has 4 rings (SSSR count). The molecule has 0 aliphatic heterocycles. The standard InChI is InChI=1S/C25H17F6N3O/c26-24(27,28)19-10-8-17(9-11-19)23(18-5-3-6-20(14-18)25(29,30)31)33-32-22(35)15-34-13-12-16-4-1-2-7-21(16)34/h1-14H,15H2,(H,32,35)/b33-23-. The fourth-order valence-electron chi connectivity index (χ4n) is 3.54. The van der Waals surface area contributed by atoms with E-state index in [2.05, 4.69) is 10.5 Å². The number of aromatic nitrogens is 1. The van der Waals surface area contributed by atoms with Gasteiger partial charge in [0.15, 0.2) is 0 Å². The van der Waals surface area contributed by atoms with Gasteiger partial charge in [-0.1, -0.05) is 42.5 Å². The Morgan fingerprint density at radius 3 is 2.14 bits per heavy atom. The summed E-state index contributed by atoms with van der Waals surface area (Å²) < 4.78 is 80.2. The second-order valence-corrected chi connectivity index (χ2v) is 7.65. The molecule has 1 amide bonds. The Kier molecular flexibility index (Phi) is 6.38. The van der Waals surface area contributed by atoms with Gasteiger partial charge in [-0.25, -0.2) is 5.43 Å². The molecule has 4 aromatic rings. The average Bonchev–Trinajstić information content (AvgIpc) is 3.21. The fraction of sp³-hybridized carbons (Fsp3) is 0.120. The maximum atomic E-state index is 13.2. The van der Waals surface area contributed by atoms with Gasteiger partial charge in [0.05, 0.1) is 16.8 Å². The van der Waals surface area contributed by atoms with Crippen LogP contribution in [0.15, 0.2) is 90.2 Å². The molecule has 0 bridgehead atoms. The first kappa shape index (κ1) is 24.1. The molecule has 1 heterocycles. The van der Waals surface area contributed by atoms with Gasteiger partial charge in [0.1, 0.15) is 6.54 Å². The lowest BCUT2D eigenvalue weighted by Crippen LogP contribution is -2.25. The van der Waals surface area contributed by atoms with Gasteiger partial charge in [0.2, 0.25) is 0 Å². The number of fused-ring (bicyclic) bond motifs is 1. The molecule has 0 atom stereocenters. The molecule has 0 aliphatic carbocycles. The third-order valence-corrected chi connectivity index (χ3v) is 5.24. The summed E-state index contributed by atoms with van der Waals surface area (Å²) >= 11 is 0. The Bertz CT molecular complexity index is 1380. The monoisotopic (exact) mass is 489 g/mol. The normalized spacial score (nSPS) is 12.7. The second kappa shape index (κ2) is 9.28. The lowest BCUT2D eigenvalue weighted by molar-refractivity contribution is -0.138. The summed E-state index contributed by atoms with van der Waals surface area (Å²) in [4.78, 5) is 12.6. The largest absolute Gasteiger partial charge is 0.416 e. The van der Waals surface area contributed by atoms with Gasteiger partial charge in [-0.2, -0.15) is 31.4 Å². The van der Waals surface area contributed by atoms with Crippen LogP contribution in [0.4, 0.5) is 26.3 Å². The first-order chi connectivity index (χ1) is 16.5. The number of hydrogen-bond acceptors (Lipinski definition) is 2. The molecule has 0 radical (unpaired) electrons. The van der Waals surface area contributed by atoms with Crippen LogP contribution in [0.2, 0.25) is 0 Å². The summed E-state index contributed by atoms with van der Waals surface area (Å²) in [6.07, 6.45) is -7.52. The zero-order valence-corrected chi connectivity index (χ0v) is 17.9. The number of rotatable bonds is 5. The fourth-order valence-corrected chi connectivity index (χ4v) is 3.54. The van der Waals surface area contributed by atoms with Crippen molar-refractivity contribution < 1.29 is 31.1 Å². The molecule has 0 unspecified atom stereocenters. The molecular weight excluding hydrogens is 472 g/mol. The topological polar surface area (TPSA) is 46.4 Å². The minimum Gasteiger partial charge on any atom is -0.338 e. The smallest absolute Gasteiger partial charge is 0.338 e. The first-order valence-corrected chi connectivity index (χ1v) is 10.3. The van der Waals surface area contributed by atoms with Crippen molar-refractivity contribution in [2.45, 2.75) is 18.9 Å². The number of carbonyl (C=O) groups is 1. The molecule has 3 aromatic carbocycles. The predicted molar refractivity (Wildman–Crippen MR) is 119 cm³/mol. The molecule has 0 aliphatic rings. The SMILES string of the molecule is O=C(Cn1ccc2ccccc21)N/N=C(/c1ccc(C(F)(F)F)cc1)c1cccc(C(F)(F)F)c1. The highest BCUT2D eigenvalue weighted by Crippen LogP contribution is 2.31. The molecule has 10 heteroatoms. The zero-order chi connectivity index (χ0) is 25.2. The summed E-state index contributed by atoms with van der Waals surface area (Å²) in [7, 11) is 0. The van der Waals surface area contributed by atoms with Crippen molar-refractivity contribution in [3.8, 4) is 0 Å². The lowest BCUT2D eigenvalue weighted by Gasteiger charge is -2.13. The van der Waals surface area contributed by atoms with E-state index in [4.69, 9.17) is 0 Å². The highest BCUT2D eigenvalue weighted by molar-refractivity contribution is 6.13. The Morgan fingerprint density at radius 1 is 0.771 bits per heavy atom. The molecule has 1 aromatic heterocycles. The van der Waals surface area contributed by atoms with Crippen LogP contribution >= 0.6 is 0 Å². The van der Waals surface area contributed by atoms with Gasteiger partial charge in [-0.15, -0.1) is 0 Å². The molecule has 35 heavy (non-hydrogen) atoms. The molecule has 180 valence electrons. The number of alkyl halides is 6. The van der Waals surface area contributed by atoms with Gasteiger partial charge in [0.25, 0.3) is 5.91 Å². The number of hydrogen-bond donors (Lipinski definition) is 1. The lowest BCUT2D eigenvalue weighted by atomic mass is 9.99. The average molecular weight is 489 g/mol. The third-order valence-electron chi connectivity index (χ3n) is 5.24. The van der Waals surface area contributed by atoms with Gasteiger partial charge in [-0.05, 0) is 41.8 Å². The molecular formula is C25H17F6N3O. The van der Waals surface area contributed by atoms with E-state index in [1.165, 1.54) is 6.07 Å². The van der Waals surface area contributed by atoms with E-state index in [1.54, 1.807) is 10.8 Å². The predicted octanol–water partition coefficient (Wildman–Crippen LogP) is 6.25. The van der Waals surface area contributed by atoms with Crippen molar-refractivity contribution in [1.29, 1.82) is 0 Å². The molecule has 0 saturated heterocycles. The van der Waals surface area contributed by atoms with Crippen LogP contribution in [0.25, 0.3) is 10.9 Å². The number of nitrogens with one attached hydrogen (secondary N) is 1. The summed E-state index contributed by atoms with van der Waals surface area (Å²) in [5, 5.41) is 4.91. The van der Waals surface area contributed by atoms with E-state index in [9.17, 15) is 31.1 Å². The van der Waals surface area contributed by atoms with Crippen LogP contribution in [0.5, 0.6) is 0 Å². The Morgan fingerprint density at radius 2 is 1.46 bits per heavy atom. The summed E-state index contributed by atoms with van der Waals surface area (Å²) in [5.74, 6) is -0.567. The van der Waals surface area contributed by atoms with Gasteiger partial charge < -0.3 is 4.57 Å². The Labute approximate surface area is 195 Å². The van der Waals surface area contributed by atoms with E-state index in [0.717, 1.165) is 53.4 Å². The maximum Gasteiger partial charge on any atom is 0.416 e. The highest BCUT2D eigenvalue weighted by atomic mass is 19.4. The second-order valence-electron chi connectivity index (χ2n) is 7.65. The summed E-state index contributed by atoms with van der Waals surface area (Å²) in [6.45, 7) is -0.125. The Hall–Kier alpha value is -4.08. The molecule has 1 N–H and O–H groups in total. The van der Waals surface area contributed by atoms with Crippen LogP contribution in [0, 0.1) is 0 Å². The molecule has 0 spiro atoms. The first-order valence-electron chi connectivity index (χ1n) is 10.3. The number of hydrazone groups is 1. The number of carbonyl (C=O) groups excluding carboxylic acids is 1. The Balaban J connectivity index is 1.66. The van der Waals surface area contributed by atoms with Crippen molar-refractivity contribution in [3.63, 3.8) is 0 Å². The van der Waals surface area contributed by atoms with E-state index >= 15 is 0 Å². The molecule has 0 fully saturated rings. The number of nitrogens with zero attached hydrogens (tertiary/aromatic N) is 2. The van der Waals surface area contributed by atoms with Crippen LogP contribution in [0.3, 0.4) is 0 Å². The summed E-state index contributed by atoms with van der Waals surface area (Å²) in [5.41, 5.74) is 1.19. The van der Waals surface area contributed by atoms with Crippen molar-refractivity contribution in [2.24, 2.45) is 5.10 Å². The summed E-state index contributed by atoms with van der Waals surface area (Å²) in [6, 6.07) is 17.1. The number of para-hydroxylation sites is 1. The van der Waals surface area contributed by atoms with E-state index < -0.39 is 29.4 Å². The van der Waals surface area contributed by atoms with Gasteiger partial charge in [0, 0.05) is 22.8 Å².